The number of carbonyl (C=O) groups is 2. The second kappa shape index (κ2) is 22.0. The largest absolute Gasteiger partial charge is 0.489 e. The van der Waals surface area contributed by atoms with E-state index in [1.54, 1.807) is 42.7 Å². The summed E-state index contributed by atoms with van der Waals surface area (Å²) in [5.74, 6) is -0.451. The molecule has 7 rings (SSSR count). The minimum Gasteiger partial charge on any atom is -0.489 e. The number of carbonyl (C=O) groups excluding carboxylic acids is 2. The van der Waals surface area contributed by atoms with Crippen LogP contribution in [0.1, 0.15) is 66.8 Å². The molecule has 6 N–H and O–H groups in total. The van der Waals surface area contributed by atoms with Gasteiger partial charge in [0.15, 0.2) is 0 Å². The summed E-state index contributed by atoms with van der Waals surface area (Å²) in [6, 6.07) is 17.1. The van der Waals surface area contributed by atoms with Gasteiger partial charge in [-0.3, -0.25) is 9.59 Å². The Morgan fingerprint density at radius 2 is 1.61 bits per heavy atom. The third-order valence-electron chi connectivity index (χ3n) is 12.7. The molecule has 1 saturated carbocycles. The number of hydrogen-bond donors (Lipinski definition) is 5. The number of nitrogens with two attached hydrogens (primary N) is 1. The highest BCUT2D eigenvalue weighted by molar-refractivity contribution is 9.10. The van der Waals surface area contributed by atoms with E-state index >= 15 is 0 Å². The molecule has 0 unspecified atom stereocenters. The Hall–Kier alpha value is -6.02. The second-order valence-electron chi connectivity index (χ2n) is 18.5. The molecule has 0 bridgehead atoms. The van der Waals surface area contributed by atoms with E-state index in [1.807, 2.05) is 11.9 Å². The molecule has 18 nitrogen and oxygen atoms in total. The summed E-state index contributed by atoms with van der Waals surface area (Å²) in [7, 11) is -1.82. The molecule has 0 radical (unpaired) electrons. The van der Waals surface area contributed by atoms with Crippen molar-refractivity contribution in [2.24, 2.45) is 16.6 Å². The van der Waals surface area contributed by atoms with Gasteiger partial charge in [0, 0.05) is 93.5 Å². The average molecular weight is 1060 g/mol. The lowest BCUT2D eigenvalue weighted by molar-refractivity contribution is -0.164. The highest BCUT2D eigenvalue weighted by Crippen LogP contribution is 2.55. The minimum absolute atomic E-state index is 0.112. The van der Waals surface area contributed by atoms with Gasteiger partial charge in [-0.1, -0.05) is 45.4 Å². The fraction of sp³-hybridized carbons (Fsp3) is 0.396. The maximum Gasteiger partial charge on any atom is 0.254 e. The molecule has 3 heterocycles. The molecular formula is C48H56BrClFN13O5S. The van der Waals surface area contributed by atoms with Crippen molar-refractivity contribution in [3.8, 4) is 11.8 Å². The van der Waals surface area contributed by atoms with Crippen molar-refractivity contribution in [2.45, 2.75) is 57.6 Å². The zero-order valence-electron chi connectivity index (χ0n) is 39.5. The van der Waals surface area contributed by atoms with Gasteiger partial charge in [-0.25, -0.2) is 32.5 Å². The predicted molar refractivity (Wildman–Crippen MR) is 270 cm³/mol. The Bertz CT molecular complexity index is 2830. The molecule has 5 aromatic rings. The Morgan fingerprint density at radius 1 is 0.957 bits per heavy atom. The van der Waals surface area contributed by atoms with Crippen molar-refractivity contribution in [3.05, 3.63) is 111 Å². The van der Waals surface area contributed by atoms with Gasteiger partial charge in [-0.2, -0.15) is 10.2 Å². The van der Waals surface area contributed by atoms with Crippen LogP contribution in [0.15, 0.2) is 88.6 Å². The smallest absolute Gasteiger partial charge is 0.254 e. The van der Waals surface area contributed by atoms with Crippen molar-refractivity contribution >= 4 is 78.5 Å². The average Bonchev–Trinajstić information content (AvgIpc) is 3.32. The number of nitrogens with one attached hydrogen (secondary N) is 4. The number of halogens is 3. The van der Waals surface area contributed by atoms with Crippen LogP contribution in [0.3, 0.4) is 0 Å². The fourth-order valence-corrected chi connectivity index (χ4v) is 10.9. The number of anilines is 5. The Kier molecular flexibility index (Phi) is 16.3. The number of ether oxygens (including phenoxy) is 1. The molecular weight excluding hydrogens is 1010 g/mol. The van der Waals surface area contributed by atoms with Crippen LogP contribution in [0, 0.1) is 28.0 Å². The third kappa shape index (κ3) is 12.1. The van der Waals surface area contributed by atoms with Gasteiger partial charge in [0.05, 0.1) is 36.8 Å². The SMILES string of the molecule is CN(CCCN1CCN(CCCNS(=O)(=O)c2ccc(Nc3ncc(Br)c(Nc4cccc(F)c4C(N)=O)n3)cc2)CC1)c1ncc(C(=O)N[C@H]2C(C)(C)[C@H](Oc3ccc(C#N)c(Cl)c3)C2(C)C)cn1. The molecule has 2 aromatic heterocycles. The number of sulfonamides is 1. The lowest BCUT2D eigenvalue weighted by Crippen LogP contribution is -2.74. The van der Waals surface area contributed by atoms with Crippen molar-refractivity contribution < 1.29 is 27.1 Å². The standard InChI is InChI=1S/C48H56BrClFN13O5S/c1-47(2)43(48(3,4)44(47)69-33-14-11-30(26-52)36(50)25-33)61-42(66)31-27-55-46(56-28-31)62(5)18-8-20-64-23-21-63(22-24-64)19-7-17-57-70(67,68)34-15-12-32(13-16-34)58-45-54-29-35(49)41(60-45)59-38-10-6-9-37(51)39(38)40(53)65/h6,9-16,25,27-29,43-44,57H,7-8,17-24H2,1-5H3,(H2,53,65)(H,61,66)(H2,54,58,59,60)/t43-,44-. The highest BCUT2D eigenvalue weighted by Gasteiger charge is 2.64. The topological polar surface area (TPSA) is 237 Å². The lowest BCUT2D eigenvalue weighted by atomic mass is 9.49. The molecule has 2 amide bonds. The number of hydrogen-bond acceptors (Lipinski definition) is 15. The first-order valence-corrected chi connectivity index (χ1v) is 25.3. The molecule has 22 heteroatoms. The molecule has 3 aromatic carbocycles. The zero-order chi connectivity index (χ0) is 50.4. The van der Waals surface area contributed by atoms with Gasteiger partial charge in [0.2, 0.25) is 21.9 Å². The summed E-state index contributed by atoms with van der Waals surface area (Å²) in [4.78, 5) is 49.8. The number of aromatic nitrogens is 4. The summed E-state index contributed by atoms with van der Waals surface area (Å²) >= 11 is 9.59. The van der Waals surface area contributed by atoms with Crippen LogP contribution in [0.25, 0.3) is 0 Å². The van der Waals surface area contributed by atoms with E-state index in [-0.39, 0.29) is 46.0 Å². The van der Waals surface area contributed by atoms with Gasteiger partial charge in [-0.15, -0.1) is 0 Å². The van der Waals surface area contributed by atoms with Crippen molar-refractivity contribution in [2.75, 3.05) is 74.9 Å². The summed E-state index contributed by atoms with van der Waals surface area (Å²) in [5.41, 5.74) is 5.67. The summed E-state index contributed by atoms with van der Waals surface area (Å²) in [5, 5.41) is 18.7. The highest BCUT2D eigenvalue weighted by atomic mass is 79.9. The molecule has 370 valence electrons. The number of primary amides is 1. The fourth-order valence-electron chi connectivity index (χ4n) is 9.27. The Morgan fingerprint density at radius 3 is 2.24 bits per heavy atom. The molecule has 1 saturated heterocycles. The van der Waals surface area contributed by atoms with Gasteiger partial charge >= 0.3 is 0 Å². The number of nitriles is 1. The van der Waals surface area contributed by atoms with Gasteiger partial charge in [0.25, 0.3) is 11.8 Å². The van der Waals surface area contributed by atoms with Crippen LogP contribution in [0.4, 0.5) is 33.5 Å². The number of amides is 2. The van der Waals surface area contributed by atoms with Crippen LogP contribution >= 0.6 is 27.5 Å². The normalized spacial score (nSPS) is 17.7. The molecule has 0 spiro atoms. The molecule has 2 fully saturated rings. The van der Waals surface area contributed by atoms with Gasteiger partial charge in [-0.05, 0) is 90.4 Å². The minimum atomic E-state index is -3.75. The van der Waals surface area contributed by atoms with E-state index < -0.39 is 32.6 Å². The van der Waals surface area contributed by atoms with E-state index in [2.05, 4.69) is 100 Å². The van der Waals surface area contributed by atoms with Crippen molar-refractivity contribution in [1.29, 1.82) is 5.26 Å². The first-order chi connectivity index (χ1) is 33.3. The summed E-state index contributed by atoms with van der Waals surface area (Å²) in [6.45, 7) is 14.5. The van der Waals surface area contributed by atoms with E-state index in [4.69, 9.17) is 22.1 Å². The number of rotatable bonds is 20. The maximum atomic E-state index is 14.3. The zero-order valence-corrected chi connectivity index (χ0v) is 42.6. The van der Waals surface area contributed by atoms with Crippen LogP contribution in [0.5, 0.6) is 5.75 Å². The van der Waals surface area contributed by atoms with E-state index in [9.17, 15) is 27.7 Å². The Labute approximate surface area is 420 Å². The number of nitrogens with zero attached hydrogens (tertiary/aromatic N) is 8. The lowest BCUT2D eigenvalue weighted by Gasteiger charge is -2.63. The monoisotopic (exact) mass is 1060 g/mol. The first kappa shape index (κ1) is 51.8. The van der Waals surface area contributed by atoms with E-state index in [0.717, 1.165) is 58.3 Å². The van der Waals surface area contributed by atoms with Crippen LogP contribution in [0.2, 0.25) is 5.02 Å². The quantitative estimate of drug-likeness (QED) is 0.0510. The van der Waals surface area contributed by atoms with Gasteiger partial charge in [0.1, 0.15) is 29.6 Å². The second-order valence-corrected chi connectivity index (χ2v) is 21.5. The maximum absolute atomic E-state index is 14.3. The molecule has 70 heavy (non-hydrogen) atoms. The molecule has 1 aliphatic carbocycles. The molecule has 2 aliphatic rings. The van der Waals surface area contributed by atoms with Crippen LogP contribution in [-0.2, 0) is 10.0 Å². The summed E-state index contributed by atoms with van der Waals surface area (Å²) < 4.78 is 50.0. The van der Waals surface area contributed by atoms with Crippen molar-refractivity contribution in [3.63, 3.8) is 0 Å². The van der Waals surface area contributed by atoms with Crippen LogP contribution < -0.4 is 36.0 Å². The molecule has 1 aliphatic heterocycles. The van der Waals surface area contributed by atoms with Crippen molar-refractivity contribution in [1.82, 2.24) is 39.8 Å². The summed E-state index contributed by atoms with van der Waals surface area (Å²) in [6.07, 6.45) is 5.92. The number of benzene rings is 3. The Balaban J connectivity index is 0.782. The first-order valence-electron chi connectivity index (χ1n) is 22.7. The number of piperazine rings is 1. The molecule has 0 atom stereocenters. The third-order valence-corrected chi connectivity index (χ3v) is 15.1. The van der Waals surface area contributed by atoms with Crippen LogP contribution in [-0.4, -0.2) is 122 Å². The van der Waals surface area contributed by atoms with Gasteiger partial charge < -0.3 is 41.1 Å². The van der Waals surface area contributed by atoms with E-state index in [1.165, 1.54) is 30.5 Å². The van der Waals surface area contributed by atoms with E-state index in [0.29, 0.717) is 51.0 Å². The predicted octanol–water partition coefficient (Wildman–Crippen LogP) is 6.70.